The molecule has 0 aliphatic rings. The number of esters is 1. The maximum atomic E-state index is 9.59. The third-order valence-electron chi connectivity index (χ3n) is 5.94. The number of imidazole rings is 3. The van der Waals surface area contributed by atoms with Crippen LogP contribution >= 0.6 is 64.2 Å². The summed E-state index contributed by atoms with van der Waals surface area (Å²) in [5, 5.41) is 16.2. The Morgan fingerprint density at radius 3 is 1.22 bits per heavy atom. The number of aliphatic hydroxyl groups excluding tert-OH is 2. The van der Waals surface area contributed by atoms with Crippen LogP contribution in [0.15, 0.2) is 37.2 Å². The SMILES string of the molecule is C.C.C.CCO.CCO.COC(C)=O.Cc1nc(C)n2ccnc(Cl)c12.Cc1nc(C)n2ccnc(Cl)c12.Cc1nc(C)n2ccnc(N)c12.[B]I.[B][I-]I. The van der Waals surface area contributed by atoms with E-state index >= 15 is 0 Å². The summed E-state index contributed by atoms with van der Waals surface area (Å²) in [6, 6.07) is 0. The monoisotopic (exact) mass is 1140 g/mol. The number of nitrogen functional groups attached to an aromatic ring is 1. The Hall–Kier alpha value is -2.05. The van der Waals surface area contributed by atoms with E-state index in [1.807, 2.05) is 73.3 Å². The van der Waals surface area contributed by atoms with Crippen molar-refractivity contribution >= 4 is 104 Å². The van der Waals surface area contributed by atoms with Crippen LogP contribution in [0.2, 0.25) is 10.3 Å². The van der Waals surface area contributed by atoms with Crippen LogP contribution < -0.4 is 22.7 Å². The van der Waals surface area contributed by atoms with E-state index in [2.05, 4.69) is 59.0 Å². The van der Waals surface area contributed by atoms with Crippen LogP contribution in [0.5, 0.6) is 0 Å². The topological polar surface area (TPSA) is 183 Å². The van der Waals surface area contributed by atoms with Crippen molar-refractivity contribution in [2.75, 3.05) is 26.1 Å². The molecular weight excluding hydrogens is 1090 g/mol. The van der Waals surface area contributed by atoms with Crippen LogP contribution in [-0.4, -0.2) is 91.0 Å². The average molecular weight is 1140 g/mol. The first kappa shape index (κ1) is 62.2. The number of rotatable bonds is 0. The quantitative estimate of drug-likeness (QED) is 0.106. The van der Waals surface area contributed by atoms with E-state index in [9.17, 15) is 4.79 Å². The third kappa shape index (κ3) is 21.3. The van der Waals surface area contributed by atoms with Crippen molar-refractivity contribution < 1.29 is 36.8 Å². The first-order valence-electron chi connectivity index (χ1n) is 15.0. The normalized spacial score (nSPS) is 8.87. The van der Waals surface area contributed by atoms with Gasteiger partial charge in [-0.25, -0.2) is 29.9 Å². The molecule has 14 nitrogen and oxygen atoms in total. The van der Waals surface area contributed by atoms with Gasteiger partial charge in [0.05, 0.1) is 24.2 Å². The Balaban J connectivity index is -0.000000187. The molecule has 4 N–H and O–H groups in total. The molecular formula is C34H56B2Cl2I3N10O4-. The Kier molecular flexibility index (Phi) is 39.7. The number of hydrogen-bond acceptors (Lipinski definition) is 11. The molecule has 6 aromatic heterocycles. The number of aromatic nitrogens is 9. The second-order valence-electron chi connectivity index (χ2n) is 9.55. The van der Waals surface area contributed by atoms with Crippen molar-refractivity contribution in [1.82, 2.24) is 43.1 Å². The number of nitrogens with two attached hydrogens (primary N) is 1. The van der Waals surface area contributed by atoms with Gasteiger partial charge in [0.25, 0.3) is 0 Å². The fourth-order valence-electron chi connectivity index (χ4n) is 4.10. The number of methoxy groups -OCH3 is 1. The number of aryl methyl sites for hydroxylation is 6. The van der Waals surface area contributed by atoms with Gasteiger partial charge >= 0.3 is 47.3 Å². The summed E-state index contributed by atoms with van der Waals surface area (Å²) in [7, 11) is 1.35. The van der Waals surface area contributed by atoms with E-state index in [1.165, 1.54) is 14.0 Å². The predicted molar refractivity (Wildman–Crippen MR) is 245 cm³/mol. The Morgan fingerprint density at radius 2 is 0.982 bits per heavy atom. The summed E-state index contributed by atoms with van der Waals surface area (Å²) in [6.07, 6.45) is 10.6. The zero-order valence-electron chi connectivity index (χ0n) is 30.7. The molecule has 0 amide bonds. The van der Waals surface area contributed by atoms with Crippen LogP contribution in [0.25, 0.3) is 16.6 Å². The van der Waals surface area contributed by atoms with E-state index in [4.69, 9.17) is 44.9 Å². The molecule has 0 unspecified atom stereocenters. The van der Waals surface area contributed by atoms with Crippen molar-refractivity contribution in [3.05, 3.63) is 82.0 Å². The Labute approximate surface area is 373 Å². The van der Waals surface area contributed by atoms with Crippen molar-refractivity contribution in [1.29, 1.82) is 0 Å². The van der Waals surface area contributed by atoms with Gasteiger partial charge in [0.1, 0.15) is 39.8 Å². The summed E-state index contributed by atoms with van der Waals surface area (Å²) in [4.78, 5) is 34.4. The zero-order valence-corrected chi connectivity index (χ0v) is 38.7. The second-order valence-corrected chi connectivity index (χ2v) is 13.9. The predicted octanol–water partition coefficient (Wildman–Crippen LogP) is 5.03. The molecule has 6 heterocycles. The number of halogens is 5. The van der Waals surface area contributed by atoms with Gasteiger partial charge in [-0.1, -0.05) is 45.5 Å². The molecule has 4 radical (unpaired) electrons. The molecule has 21 heteroatoms. The number of anilines is 1. The van der Waals surface area contributed by atoms with Gasteiger partial charge in [-0.05, 0) is 55.4 Å². The molecule has 55 heavy (non-hydrogen) atoms. The fraction of sp³-hybridized carbons (Fsp3) is 0.441. The standard InChI is InChI=1S/2C8H8ClN3.C8H10N4.C3H6O2.2C2H6O.3CH4.BI2.BI/c3*1-5-7-8(9)10-3-4-12(7)6(2)11-5;1-3(4)5-2;2*1-2-3;;;;1-3-2;1-2/h2*3-4H,1-2H3;3-4H,1-2H3,(H2,9,10);1-2H3;2*3H,2H2,1H3;3*1H4;;/q;;;;;;;;;-1;. The minimum atomic E-state index is -0.245. The number of hydrogen-bond donors (Lipinski definition) is 3. The second kappa shape index (κ2) is 35.1. The summed E-state index contributed by atoms with van der Waals surface area (Å²) in [6.45, 7) is 16.8. The van der Waals surface area contributed by atoms with Gasteiger partial charge in [-0.3, -0.25) is 18.0 Å². The molecule has 0 fully saturated rings. The van der Waals surface area contributed by atoms with Gasteiger partial charge in [-0.2, -0.15) is 22.4 Å². The van der Waals surface area contributed by atoms with Crippen molar-refractivity contribution in [2.45, 2.75) is 84.6 Å². The molecule has 0 aromatic carbocycles. The number of carbonyl (C=O) groups excluding carboxylic acids is 1. The average Bonchev–Trinajstić information content (AvgIpc) is 3.69. The van der Waals surface area contributed by atoms with Gasteiger partial charge in [-0.15, -0.1) is 0 Å². The molecule has 0 saturated heterocycles. The first-order chi connectivity index (χ1) is 24.6. The van der Waals surface area contributed by atoms with Crippen LogP contribution in [0.4, 0.5) is 5.82 Å². The first-order valence-corrected chi connectivity index (χ1v) is 24.5. The van der Waals surface area contributed by atoms with Gasteiger partial charge in [0.2, 0.25) is 0 Å². The molecule has 0 saturated carbocycles. The zero-order chi connectivity index (χ0) is 40.6. The Bertz CT molecular complexity index is 1710. The summed E-state index contributed by atoms with van der Waals surface area (Å²) in [5.74, 6) is 3.11. The molecule has 308 valence electrons. The number of carbonyl (C=O) groups is 1. The Morgan fingerprint density at radius 1 is 0.745 bits per heavy atom. The molecule has 6 rings (SSSR count). The van der Waals surface area contributed by atoms with E-state index in [1.54, 1.807) is 54.8 Å². The maximum absolute atomic E-state index is 9.59. The summed E-state index contributed by atoms with van der Waals surface area (Å²) >= 11 is 15.7. The van der Waals surface area contributed by atoms with Crippen LogP contribution in [-0.2, 0) is 9.53 Å². The number of aliphatic hydroxyl groups is 2. The number of ether oxygens (including phenoxy) is 1. The van der Waals surface area contributed by atoms with E-state index in [0.29, 0.717) is 16.1 Å². The molecule has 6 aromatic rings. The van der Waals surface area contributed by atoms with E-state index in [-0.39, 0.29) is 58.5 Å². The van der Waals surface area contributed by atoms with E-state index in [0.717, 1.165) is 51.1 Å². The van der Waals surface area contributed by atoms with Gasteiger partial charge in [0, 0.05) is 57.3 Å². The molecule has 0 atom stereocenters. The van der Waals surface area contributed by atoms with E-state index < -0.39 is 0 Å². The number of fused-ring (bicyclic) bond motifs is 3. The van der Waals surface area contributed by atoms with Crippen LogP contribution in [0, 0.1) is 41.5 Å². The fourth-order valence-corrected chi connectivity index (χ4v) is 4.67. The van der Waals surface area contributed by atoms with Gasteiger partial charge < -0.3 is 20.7 Å². The summed E-state index contributed by atoms with van der Waals surface area (Å²) < 4.78 is 9.92. The number of nitrogens with zero attached hydrogens (tertiary/aromatic N) is 9. The molecule has 0 aliphatic heterocycles. The van der Waals surface area contributed by atoms with Gasteiger partial charge in [0.15, 0.2) is 16.0 Å². The molecule has 0 bridgehead atoms. The van der Waals surface area contributed by atoms with Crippen LogP contribution in [0.1, 0.15) is 77.6 Å². The molecule has 0 spiro atoms. The van der Waals surface area contributed by atoms with Crippen molar-refractivity contribution in [3.8, 4) is 0 Å². The van der Waals surface area contributed by atoms with Crippen molar-refractivity contribution in [3.63, 3.8) is 0 Å². The van der Waals surface area contributed by atoms with Crippen LogP contribution in [0.3, 0.4) is 0 Å². The van der Waals surface area contributed by atoms with Crippen molar-refractivity contribution in [2.24, 2.45) is 0 Å². The third-order valence-corrected chi connectivity index (χ3v) is 6.50. The summed E-state index contributed by atoms with van der Waals surface area (Å²) in [5.41, 5.74) is 20.6. The minimum absolute atomic E-state index is 0. The molecule has 0 aliphatic carbocycles.